The van der Waals surface area contributed by atoms with Crippen molar-refractivity contribution in [3.63, 3.8) is 0 Å². The van der Waals surface area contributed by atoms with Gasteiger partial charge in [-0.25, -0.2) is 0 Å². The van der Waals surface area contributed by atoms with Crippen LogP contribution in [-0.2, 0) is 0 Å². The minimum absolute atomic E-state index is 0.114. The summed E-state index contributed by atoms with van der Waals surface area (Å²) in [7, 11) is 0. The maximum absolute atomic E-state index is 6.05. The molecule has 1 rings (SSSR count). The van der Waals surface area contributed by atoms with Gasteiger partial charge in [-0.1, -0.05) is 36.0 Å². The highest BCUT2D eigenvalue weighted by Crippen LogP contribution is 2.25. The molecule has 0 spiro atoms. The molecule has 0 aliphatic heterocycles. The van der Waals surface area contributed by atoms with E-state index in [9.17, 15) is 0 Å². The van der Waals surface area contributed by atoms with Crippen molar-refractivity contribution in [3.8, 4) is 0 Å². The lowest BCUT2D eigenvalue weighted by Gasteiger charge is -2.21. The van der Waals surface area contributed by atoms with Gasteiger partial charge in [0, 0.05) is 6.04 Å². The van der Waals surface area contributed by atoms with E-state index in [0.29, 0.717) is 0 Å². The molecule has 0 saturated heterocycles. The Hall–Kier alpha value is -1.08. The quantitative estimate of drug-likeness (QED) is 0.709. The first-order valence-electron chi connectivity index (χ1n) is 4.99. The third-order valence-corrected chi connectivity index (χ3v) is 2.34. The Balaban J connectivity index is 3.17. The van der Waals surface area contributed by atoms with E-state index in [1.54, 1.807) is 0 Å². The molecule has 0 aromatic carbocycles. The number of allylic oxidation sites excluding steroid dienone is 4. The zero-order valence-corrected chi connectivity index (χ0v) is 9.30. The smallest absolute Gasteiger partial charge is 0.0338 e. The molecular formula is C13H19N. The molecule has 0 amide bonds. The molecule has 0 radical (unpaired) electrons. The van der Waals surface area contributed by atoms with Crippen LogP contribution in [0.15, 0.2) is 47.1 Å². The van der Waals surface area contributed by atoms with Crippen molar-refractivity contribution < 1.29 is 0 Å². The molecular weight excluding hydrogens is 170 g/mol. The van der Waals surface area contributed by atoms with Gasteiger partial charge in [0.15, 0.2) is 0 Å². The third kappa shape index (κ3) is 2.46. The Morgan fingerprint density at radius 2 is 2.21 bits per heavy atom. The van der Waals surface area contributed by atoms with Gasteiger partial charge in [-0.2, -0.15) is 0 Å². The van der Waals surface area contributed by atoms with Crippen LogP contribution in [0.25, 0.3) is 0 Å². The van der Waals surface area contributed by atoms with E-state index in [4.69, 9.17) is 5.73 Å². The van der Waals surface area contributed by atoms with Crippen molar-refractivity contribution >= 4 is 0 Å². The van der Waals surface area contributed by atoms with Crippen molar-refractivity contribution in [1.82, 2.24) is 0 Å². The van der Waals surface area contributed by atoms with Gasteiger partial charge in [-0.05, 0) is 38.3 Å². The zero-order chi connectivity index (χ0) is 10.7. The standard InChI is InChI=1S/C13H19N/c1-5-12-11(6-9(2)3)7-10(4)8-13(12)14/h5-7,13H,1,8,14H2,2-4H3. The summed E-state index contributed by atoms with van der Waals surface area (Å²) in [5, 5.41) is 0. The molecule has 0 saturated carbocycles. The zero-order valence-electron chi connectivity index (χ0n) is 9.30. The Kier molecular flexibility index (Phi) is 3.48. The van der Waals surface area contributed by atoms with Gasteiger partial charge >= 0.3 is 0 Å². The van der Waals surface area contributed by atoms with Crippen LogP contribution in [0, 0.1) is 0 Å². The van der Waals surface area contributed by atoms with Gasteiger partial charge in [0.1, 0.15) is 0 Å². The van der Waals surface area contributed by atoms with Crippen LogP contribution in [0.2, 0.25) is 0 Å². The first-order valence-corrected chi connectivity index (χ1v) is 4.99. The number of hydrogen-bond donors (Lipinski definition) is 1. The SMILES string of the molecule is C=CC1=C(C=C(C)C)C=C(C)CC1N. The highest BCUT2D eigenvalue weighted by atomic mass is 14.6. The lowest BCUT2D eigenvalue weighted by molar-refractivity contribution is 0.755. The number of hydrogen-bond acceptors (Lipinski definition) is 1. The predicted octanol–water partition coefficient (Wildman–Crippen LogP) is 3.11. The van der Waals surface area contributed by atoms with E-state index in [-0.39, 0.29) is 6.04 Å². The van der Waals surface area contributed by atoms with Gasteiger partial charge in [-0.15, -0.1) is 0 Å². The first-order chi connectivity index (χ1) is 6.54. The average Bonchev–Trinajstić information content (AvgIpc) is 2.01. The molecule has 14 heavy (non-hydrogen) atoms. The molecule has 1 aliphatic rings. The molecule has 2 N–H and O–H groups in total. The fraction of sp³-hybridized carbons (Fsp3) is 0.385. The van der Waals surface area contributed by atoms with Gasteiger partial charge < -0.3 is 5.73 Å². The summed E-state index contributed by atoms with van der Waals surface area (Å²) in [6, 6.07) is 0.114. The second kappa shape index (κ2) is 4.43. The summed E-state index contributed by atoms with van der Waals surface area (Å²) in [5.74, 6) is 0. The number of nitrogens with two attached hydrogens (primary N) is 1. The highest BCUT2D eigenvalue weighted by Gasteiger charge is 2.15. The van der Waals surface area contributed by atoms with Gasteiger partial charge in [0.05, 0.1) is 0 Å². The van der Waals surface area contributed by atoms with Crippen LogP contribution < -0.4 is 5.73 Å². The molecule has 1 unspecified atom stereocenters. The third-order valence-electron chi connectivity index (χ3n) is 2.34. The molecule has 1 heteroatoms. The highest BCUT2D eigenvalue weighted by molar-refractivity contribution is 5.48. The van der Waals surface area contributed by atoms with Crippen molar-refractivity contribution in [3.05, 3.63) is 47.1 Å². The van der Waals surface area contributed by atoms with E-state index in [1.165, 1.54) is 16.7 Å². The molecule has 76 valence electrons. The molecule has 1 atom stereocenters. The molecule has 0 fully saturated rings. The summed E-state index contributed by atoms with van der Waals surface area (Å²) in [4.78, 5) is 0. The largest absolute Gasteiger partial charge is 0.324 e. The van der Waals surface area contributed by atoms with Crippen LogP contribution in [0.5, 0.6) is 0 Å². The van der Waals surface area contributed by atoms with E-state index in [2.05, 4.69) is 39.5 Å². The Morgan fingerprint density at radius 3 is 2.71 bits per heavy atom. The minimum Gasteiger partial charge on any atom is -0.324 e. The summed E-state index contributed by atoms with van der Waals surface area (Å²) >= 11 is 0. The van der Waals surface area contributed by atoms with Gasteiger partial charge in [-0.3, -0.25) is 0 Å². The predicted molar refractivity (Wildman–Crippen MR) is 63.0 cm³/mol. The summed E-state index contributed by atoms with van der Waals surface area (Å²) in [6.07, 6.45) is 7.19. The monoisotopic (exact) mass is 189 g/mol. The second-order valence-electron chi connectivity index (χ2n) is 4.14. The van der Waals surface area contributed by atoms with Crippen LogP contribution in [-0.4, -0.2) is 6.04 Å². The fourth-order valence-corrected chi connectivity index (χ4v) is 1.78. The summed E-state index contributed by atoms with van der Waals surface area (Å²) in [6.45, 7) is 10.1. The van der Waals surface area contributed by atoms with Crippen molar-refractivity contribution in [2.45, 2.75) is 33.2 Å². The maximum atomic E-state index is 6.05. The van der Waals surface area contributed by atoms with E-state index in [0.717, 1.165) is 12.0 Å². The van der Waals surface area contributed by atoms with Crippen LogP contribution in [0.1, 0.15) is 27.2 Å². The van der Waals surface area contributed by atoms with E-state index < -0.39 is 0 Å². The van der Waals surface area contributed by atoms with Crippen molar-refractivity contribution in [1.29, 1.82) is 0 Å². The van der Waals surface area contributed by atoms with Crippen LogP contribution >= 0.6 is 0 Å². The van der Waals surface area contributed by atoms with Crippen molar-refractivity contribution in [2.75, 3.05) is 0 Å². The molecule has 0 heterocycles. The topological polar surface area (TPSA) is 26.0 Å². The second-order valence-corrected chi connectivity index (χ2v) is 4.14. The Bertz CT molecular complexity index is 321. The summed E-state index contributed by atoms with van der Waals surface area (Å²) in [5.41, 5.74) is 11.1. The van der Waals surface area contributed by atoms with Gasteiger partial charge in [0.25, 0.3) is 0 Å². The lowest BCUT2D eigenvalue weighted by Crippen LogP contribution is -2.25. The lowest BCUT2D eigenvalue weighted by atomic mass is 9.88. The summed E-state index contributed by atoms with van der Waals surface area (Å²) < 4.78 is 0. The molecule has 1 aliphatic carbocycles. The maximum Gasteiger partial charge on any atom is 0.0338 e. The fourth-order valence-electron chi connectivity index (χ4n) is 1.78. The number of rotatable bonds is 2. The minimum atomic E-state index is 0.114. The van der Waals surface area contributed by atoms with E-state index in [1.807, 2.05) is 6.08 Å². The Labute approximate surface area is 86.7 Å². The normalized spacial score (nSPS) is 21.7. The van der Waals surface area contributed by atoms with Crippen LogP contribution in [0.4, 0.5) is 0 Å². The molecule has 0 aromatic heterocycles. The van der Waals surface area contributed by atoms with Crippen molar-refractivity contribution in [2.24, 2.45) is 5.73 Å². The average molecular weight is 189 g/mol. The van der Waals surface area contributed by atoms with E-state index >= 15 is 0 Å². The first kappa shape index (κ1) is 11.0. The molecule has 1 nitrogen and oxygen atoms in total. The molecule has 0 bridgehead atoms. The Morgan fingerprint density at radius 1 is 1.57 bits per heavy atom. The van der Waals surface area contributed by atoms with Gasteiger partial charge in [0.2, 0.25) is 0 Å². The van der Waals surface area contributed by atoms with Crippen LogP contribution in [0.3, 0.4) is 0 Å². The molecule has 0 aromatic rings.